The Bertz CT molecular complexity index is 312. The predicted octanol–water partition coefficient (Wildman–Crippen LogP) is 3.26. The molecule has 3 atom stereocenters. The van der Waals surface area contributed by atoms with Crippen molar-refractivity contribution in [2.75, 3.05) is 13.1 Å². The second-order valence-electron chi connectivity index (χ2n) is 6.89. The van der Waals surface area contributed by atoms with Crippen molar-refractivity contribution in [3.63, 3.8) is 0 Å². The Kier molecular flexibility index (Phi) is 7.67. The highest BCUT2D eigenvalue weighted by Crippen LogP contribution is 2.23. The quantitative estimate of drug-likeness (QED) is 0.642. The Hall–Kier alpha value is -0.610. The van der Waals surface area contributed by atoms with E-state index in [1.165, 1.54) is 19.3 Å². The molecule has 0 aromatic carbocycles. The van der Waals surface area contributed by atoms with Gasteiger partial charge in [0, 0.05) is 12.1 Å². The van der Waals surface area contributed by atoms with Crippen molar-refractivity contribution in [2.45, 2.75) is 90.3 Å². The number of unbranched alkanes of at least 4 members (excludes halogenated alkanes) is 1. The molecular weight excluding hydrogens is 264 g/mol. The molecule has 4 heteroatoms. The van der Waals surface area contributed by atoms with Crippen LogP contribution in [0.5, 0.6) is 0 Å². The average Bonchev–Trinajstić information content (AvgIpc) is 2.43. The summed E-state index contributed by atoms with van der Waals surface area (Å²) in [4.78, 5) is 14.1. The molecule has 1 saturated heterocycles. The molecule has 0 radical (unpaired) electrons. The van der Waals surface area contributed by atoms with Gasteiger partial charge in [0.05, 0.1) is 0 Å². The number of carboxylic acid groups (broad SMARTS) is 1. The normalized spacial score (nSPS) is 26.5. The SMILES string of the molecule is CCCNC(C)(CCCCN1[C@H](C)CCC[C@@H]1C)C(=O)O. The summed E-state index contributed by atoms with van der Waals surface area (Å²) in [6, 6.07) is 1.36. The fourth-order valence-electron chi connectivity index (χ4n) is 3.36. The van der Waals surface area contributed by atoms with Crippen LogP contribution in [0.2, 0.25) is 0 Å². The molecule has 1 unspecified atom stereocenters. The molecule has 1 rings (SSSR count). The van der Waals surface area contributed by atoms with E-state index in [2.05, 4.69) is 31.0 Å². The second kappa shape index (κ2) is 8.74. The average molecular weight is 298 g/mol. The Morgan fingerprint density at radius 1 is 1.29 bits per heavy atom. The zero-order chi connectivity index (χ0) is 15.9. The van der Waals surface area contributed by atoms with E-state index in [1.807, 2.05) is 6.92 Å². The van der Waals surface area contributed by atoms with Crippen molar-refractivity contribution < 1.29 is 9.90 Å². The van der Waals surface area contributed by atoms with E-state index >= 15 is 0 Å². The van der Waals surface area contributed by atoms with Crippen LogP contribution >= 0.6 is 0 Å². The van der Waals surface area contributed by atoms with Crippen molar-refractivity contribution >= 4 is 5.97 Å². The van der Waals surface area contributed by atoms with Gasteiger partial charge in [0.25, 0.3) is 0 Å². The predicted molar refractivity (Wildman–Crippen MR) is 87.7 cm³/mol. The summed E-state index contributed by atoms with van der Waals surface area (Å²) in [6.45, 7) is 10.4. The monoisotopic (exact) mass is 298 g/mol. The highest BCUT2D eigenvalue weighted by molar-refractivity contribution is 5.78. The maximum Gasteiger partial charge on any atom is 0.323 e. The summed E-state index contributed by atoms with van der Waals surface area (Å²) in [5.41, 5.74) is -0.769. The van der Waals surface area contributed by atoms with Crippen molar-refractivity contribution in [1.82, 2.24) is 10.2 Å². The maximum absolute atomic E-state index is 11.5. The standard InChI is InChI=1S/C17H34N2O2/c1-5-12-18-17(4,16(20)21)11-6-7-13-19-14(2)9-8-10-15(19)3/h14-15,18H,5-13H2,1-4H3,(H,20,21)/t14-,15+,17?. The number of piperidine rings is 1. The van der Waals surface area contributed by atoms with Crippen LogP contribution < -0.4 is 5.32 Å². The van der Waals surface area contributed by atoms with E-state index in [9.17, 15) is 9.90 Å². The van der Waals surface area contributed by atoms with Crippen molar-refractivity contribution in [2.24, 2.45) is 0 Å². The van der Waals surface area contributed by atoms with E-state index < -0.39 is 11.5 Å². The number of aliphatic carboxylic acids is 1. The lowest BCUT2D eigenvalue weighted by atomic mass is 9.93. The molecule has 0 bridgehead atoms. The number of nitrogens with one attached hydrogen (secondary N) is 1. The number of carbonyl (C=O) groups is 1. The minimum Gasteiger partial charge on any atom is -0.480 e. The first kappa shape index (κ1) is 18.4. The minimum atomic E-state index is -0.769. The Labute approximate surface area is 130 Å². The van der Waals surface area contributed by atoms with Gasteiger partial charge in [0.15, 0.2) is 0 Å². The third-order valence-corrected chi connectivity index (χ3v) is 4.96. The van der Waals surface area contributed by atoms with Gasteiger partial charge < -0.3 is 10.4 Å². The largest absolute Gasteiger partial charge is 0.480 e. The molecule has 4 nitrogen and oxygen atoms in total. The topological polar surface area (TPSA) is 52.6 Å². The van der Waals surface area contributed by atoms with Crippen molar-refractivity contribution in [3.05, 3.63) is 0 Å². The van der Waals surface area contributed by atoms with Crippen molar-refractivity contribution in [3.8, 4) is 0 Å². The summed E-state index contributed by atoms with van der Waals surface area (Å²) >= 11 is 0. The lowest BCUT2D eigenvalue weighted by molar-refractivity contribution is -0.144. The summed E-state index contributed by atoms with van der Waals surface area (Å²) < 4.78 is 0. The fraction of sp³-hybridized carbons (Fsp3) is 0.941. The van der Waals surface area contributed by atoms with Gasteiger partial charge in [-0.1, -0.05) is 13.3 Å². The molecular formula is C17H34N2O2. The molecule has 2 N–H and O–H groups in total. The molecule has 1 heterocycles. The van der Waals surface area contributed by atoms with E-state index in [1.54, 1.807) is 0 Å². The third-order valence-electron chi connectivity index (χ3n) is 4.96. The van der Waals surface area contributed by atoms with Gasteiger partial charge in [-0.3, -0.25) is 9.69 Å². The molecule has 0 saturated carbocycles. The summed E-state index contributed by atoms with van der Waals surface area (Å²) in [5.74, 6) is -0.726. The zero-order valence-corrected chi connectivity index (χ0v) is 14.3. The van der Waals surface area contributed by atoms with Gasteiger partial charge in [-0.2, -0.15) is 0 Å². The molecule has 1 aliphatic rings. The Morgan fingerprint density at radius 2 is 1.90 bits per heavy atom. The van der Waals surface area contributed by atoms with E-state index in [0.29, 0.717) is 18.5 Å². The van der Waals surface area contributed by atoms with Crippen LogP contribution in [0.4, 0.5) is 0 Å². The fourth-order valence-corrected chi connectivity index (χ4v) is 3.36. The zero-order valence-electron chi connectivity index (χ0n) is 14.3. The second-order valence-corrected chi connectivity index (χ2v) is 6.89. The van der Waals surface area contributed by atoms with Gasteiger partial charge in [0.1, 0.15) is 5.54 Å². The first-order valence-electron chi connectivity index (χ1n) is 8.65. The first-order valence-corrected chi connectivity index (χ1v) is 8.65. The number of hydrogen-bond acceptors (Lipinski definition) is 3. The molecule has 0 aromatic rings. The number of likely N-dealkylation sites (tertiary alicyclic amines) is 1. The highest BCUT2D eigenvalue weighted by atomic mass is 16.4. The lowest BCUT2D eigenvalue weighted by Crippen LogP contribution is -2.50. The maximum atomic E-state index is 11.5. The van der Waals surface area contributed by atoms with E-state index in [0.717, 1.165) is 32.4 Å². The number of rotatable bonds is 9. The van der Waals surface area contributed by atoms with Crippen LogP contribution in [0, 0.1) is 0 Å². The summed E-state index contributed by atoms with van der Waals surface area (Å²) in [6.07, 6.45) is 7.67. The van der Waals surface area contributed by atoms with Crippen LogP contribution in [0.1, 0.15) is 72.6 Å². The van der Waals surface area contributed by atoms with Crippen LogP contribution in [0.25, 0.3) is 0 Å². The number of carboxylic acids is 1. The number of nitrogens with zero attached hydrogens (tertiary/aromatic N) is 1. The molecule has 1 fully saturated rings. The molecule has 21 heavy (non-hydrogen) atoms. The summed E-state index contributed by atoms with van der Waals surface area (Å²) in [5, 5.41) is 12.6. The van der Waals surface area contributed by atoms with Gasteiger partial charge in [-0.15, -0.1) is 0 Å². The molecule has 1 aliphatic heterocycles. The Morgan fingerprint density at radius 3 is 2.43 bits per heavy atom. The van der Waals surface area contributed by atoms with Gasteiger partial charge in [-0.25, -0.2) is 0 Å². The van der Waals surface area contributed by atoms with Crippen LogP contribution in [-0.2, 0) is 4.79 Å². The lowest BCUT2D eigenvalue weighted by Gasteiger charge is -2.39. The Balaban J connectivity index is 2.35. The van der Waals surface area contributed by atoms with Crippen LogP contribution in [0.3, 0.4) is 0 Å². The van der Waals surface area contributed by atoms with Gasteiger partial charge in [0.2, 0.25) is 0 Å². The molecule has 0 aromatic heterocycles. The van der Waals surface area contributed by atoms with Gasteiger partial charge >= 0.3 is 5.97 Å². The highest BCUT2D eigenvalue weighted by Gasteiger charge is 2.31. The van der Waals surface area contributed by atoms with E-state index in [-0.39, 0.29) is 0 Å². The number of hydrogen-bond donors (Lipinski definition) is 2. The molecule has 0 amide bonds. The molecule has 0 spiro atoms. The smallest absolute Gasteiger partial charge is 0.323 e. The summed E-state index contributed by atoms with van der Waals surface area (Å²) in [7, 11) is 0. The first-order chi connectivity index (χ1) is 9.90. The minimum absolute atomic E-state index is 0.679. The third kappa shape index (κ3) is 5.59. The molecule has 124 valence electrons. The molecule has 0 aliphatic carbocycles. The van der Waals surface area contributed by atoms with Crippen LogP contribution in [-0.4, -0.2) is 46.7 Å². The van der Waals surface area contributed by atoms with Crippen LogP contribution in [0.15, 0.2) is 0 Å². The van der Waals surface area contributed by atoms with Gasteiger partial charge in [-0.05, 0) is 72.4 Å². The van der Waals surface area contributed by atoms with E-state index in [4.69, 9.17) is 0 Å². The van der Waals surface area contributed by atoms with Crippen molar-refractivity contribution in [1.29, 1.82) is 0 Å².